The molecule has 0 aliphatic carbocycles. The Bertz CT molecular complexity index is 517. The third kappa shape index (κ3) is 3.21. The minimum absolute atomic E-state index is 0.0543. The fourth-order valence-electron chi connectivity index (χ4n) is 1.97. The van der Waals surface area contributed by atoms with E-state index >= 15 is 0 Å². The van der Waals surface area contributed by atoms with Crippen LogP contribution >= 0.6 is 11.6 Å². The highest BCUT2D eigenvalue weighted by atomic mass is 35.5. The molecule has 0 radical (unpaired) electrons. The number of hydrogen-bond donors (Lipinski definition) is 1. The van der Waals surface area contributed by atoms with Gasteiger partial charge >= 0.3 is 0 Å². The average Bonchev–Trinajstić information content (AvgIpc) is 2.36. The molecule has 3 heteroatoms. The Hall–Kier alpha value is -1.12. The minimum Gasteiger partial charge on any atom is -0.308 e. The van der Waals surface area contributed by atoms with Gasteiger partial charge in [-0.25, -0.2) is 0 Å². The van der Waals surface area contributed by atoms with Gasteiger partial charge in [-0.15, -0.1) is 11.6 Å². The van der Waals surface area contributed by atoms with Crippen LogP contribution in [0, 0.1) is 0 Å². The second kappa shape index (κ2) is 5.68. The standard InChI is InChI=1S/C15H19ClN2/c1-15(2,8-9-16)18-11-13-6-3-5-12-7-4-10-17-14(12)13/h3-7,10,18H,8-9,11H2,1-2H3. The van der Waals surface area contributed by atoms with Crippen molar-refractivity contribution in [2.45, 2.75) is 32.4 Å². The van der Waals surface area contributed by atoms with Crippen LogP contribution in [0.3, 0.4) is 0 Å². The predicted octanol–water partition coefficient (Wildman–Crippen LogP) is 3.73. The molecule has 1 heterocycles. The monoisotopic (exact) mass is 262 g/mol. The van der Waals surface area contributed by atoms with Gasteiger partial charge in [0, 0.05) is 29.5 Å². The summed E-state index contributed by atoms with van der Waals surface area (Å²) >= 11 is 5.81. The molecule has 0 saturated carbocycles. The summed E-state index contributed by atoms with van der Waals surface area (Å²) in [5.74, 6) is 0.674. The van der Waals surface area contributed by atoms with Crippen LogP contribution < -0.4 is 5.32 Å². The summed E-state index contributed by atoms with van der Waals surface area (Å²) in [4.78, 5) is 4.46. The Morgan fingerprint density at radius 3 is 2.78 bits per heavy atom. The van der Waals surface area contributed by atoms with E-state index in [1.54, 1.807) is 0 Å². The normalized spacial score (nSPS) is 11.9. The summed E-state index contributed by atoms with van der Waals surface area (Å²) in [6.07, 6.45) is 2.79. The lowest BCUT2D eigenvalue weighted by atomic mass is 10.0. The molecular weight excluding hydrogens is 244 g/mol. The van der Waals surface area contributed by atoms with E-state index in [1.165, 1.54) is 10.9 Å². The van der Waals surface area contributed by atoms with Gasteiger partial charge in [-0.1, -0.05) is 24.3 Å². The van der Waals surface area contributed by atoms with E-state index in [0.29, 0.717) is 5.88 Å². The number of pyridine rings is 1. The molecule has 96 valence electrons. The van der Waals surface area contributed by atoms with E-state index in [2.05, 4.69) is 48.4 Å². The van der Waals surface area contributed by atoms with Crippen molar-refractivity contribution in [3.63, 3.8) is 0 Å². The smallest absolute Gasteiger partial charge is 0.0746 e. The maximum atomic E-state index is 5.81. The quantitative estimate of drug-likeness (QED) is 0.831. The second-order valence-electron chi connectivity index (χ2n) is 5.17. The van der Waals surface area contributed by atoms with Crippen LogP contribution in [-0.2, 0) is 6.54 Å². The Labute approximate surface area is 113 Å². The molecule has 0 bridgehead atoms. The molecule has 0 aliphatic rings. The van der Waals surface area contributed by atoms with Crippen LogP contribution in [0.1, 0.15) is 25.8 Å². The fourth-order valence-corrected chi connectivity index (χ4v) is 2.44. The number of benzene rings is 1. The first kappa shape index (κ1) is 13.3. The number of aromatic nitrogens is 1. The van der Waals surface area contributed by atoms with Crippen molar-refractivity contribution in [3.05, 3.63) is 42.1 Å². The number of para-hydroxylation sites is 1. The van der Waals surface area contributed by atoms with Gasteiger partial charge in [0.05, 0.1) is 5.52 Å². The Balaban J connectivity index is 2.17. The summed E-state index contributed by atoms with van der Waals surface area (Å²) in [5.41, 5.74) is 2.36. The van der Waals surface area contributed by atoms with Gasteiger partial charge in [-0.3, -0.25) is 4.98 Å². The Morgan fingerprint density at radius 1 is 1.22 bits per heavy atom. The number of alkyl halides is 1. The van der Waals surface area contributed by atoms with Crippen molar-refractivity contribution < 1.29 is 0 Å². The van der Waals surface area contributed by atoms with E-state index in [-0.39, 0.29) is 5.54 Å². The third-order valence-electron chi connectivity index (χ3n) is 3.19. The van der Waals surface area contributed by atoms with Crippen LogP contribution in [0.4, 0.5) is 0 Å². The van der Waals surface area contributed by atoms with Gasteiger partial charge in [-0.2, -0.15) is 0 Å². The molecule has 0 unspecified atom stereocenters. The molecule has 2 rings (SSSR count). The highest BCUT2D eigenvalue weighted by molar-refractivity contribution is 6.17. The summed E-state index contributed by atoms with van der Waals surface area (Å²) in [6.45, 7) is 5.17. The number of fused-ring (bicyclic) bond motifs is 1. The summed E-state index contributed by atoms with van der Waals surface area (Å²) < 4.78 is 0. The third-order valence-corrected chi connectivity index (χ3v) is 3.38. The molecule has 2 nitrogen and oxygen atoms in total. The molecule has 0 amide bonds. The van der Waals surface area contributed by atoms with Crippen molar-refractivity contribution in [3.8, 4) is 0 Å². The molecule has 1 N–H and O–H groups in total. The first-order valence-corrected chi connectivity index (χ1v) is 6.79. The van der Waals surface area contributed by atoms with Gasteiger partial charge in [0.1, 0.15) is 0 Å². The van der Waals surface area contributed by atoms with E-state index in [4.69, 9.17) is 11.6 Å². The Morgan fingerprint density at radius 2 is 2.00 bits per heavy atom. The van der Waals surface area contributed by atoms with E-state index in [9.17, 15) is 0 Å². The highest BCUT2D eigenvalue weighted by Crippen LogP contribution is 2.17. The van der Waals surface area contributed by atoms with Crippen molar-refractivity contribution in [1.82, 2.24) is 10.3 Å². The Kier molecular flexibility index (Phi) is 4.20. The van der Waals surface area contributed by atoms with Crippen LogP contribution in [0.5, 0.6) is 0 Å². The van der Waals surface area contributed by atoms with Crippen molar-refractivity contribution in [2.75, 3.05) is 5.88 Å². The zero-order valence-corrected chi connectivity index (χ0v) is 11.7. The number of hydrogen-bond acceptors (Lipinski definition) is 2. The zero-order chi connectivity index (χ0) is 13.0. The van der Waals surface area contributed by atoms with Gasteiger partial charge < -0.3 is 5.32 Å². The maximum absolute atomic E-state index is 5.81. The van der Waals surface area contributed by atoms with Gasteiger partial charge in [0.15, 0.2) is 0 Å². The molecule has 18 heavy (non-hydrogen) atoms. The predicted molar refractivity (Wildman–Crippen MR) is 78.0 cm³/mol. The van der Waals surface area contributed by atoms with Gasteiger partial charge in [-0.05, 0) is 31.9 Å². The van der Waals surface area contributed by atoms with Crippen molar-refractivity contribution in [2.24, 2.45) is 0 Å². The average molecular weight is 263 g/mol. The van der Waals surface area contributed by atoms with E-state index in [1.807, 2.05) is 12.3 Å². The molecule has 1 aromatic carbocycles. The second-order valence-corrected chi connectivity index (χ2v) is 5.55. The van der Waals surface area contributed by atoms with Crippen molar-refractivity contribution >= 4 is 22.5 Å². The number of halogens is 1. The number of nitrogens with one attached hydrogen (secondary N) is 1. The highest BCUT2D eigenvalue weighted by Gasteiger charge is 2.16. The van der Waals surface area contributed by atoms with E-state index < -0.39 is 0 Å². The molecule has 0 fully saturated rings. The summed E-state index contributed by atoms with van der Waals surface area (Å²) in [5, 5.41) is 4.73. The first-order valence-electron chi connectivity index (χ1n) is 6.26. The minimum atomic E-state index is 0.0543. The van der Waals surface area contributed by atoms with Crippen LogP contribution in [0.15, 0.2) is 36.5 Å². The molecule has 2 aromatic rings. The SMILES string of the molecule is CC(C)(CCCl)NCc1cccc2cccnc12. The lowest BCUT2D eigenvalue weighted by Crippen LogP contribution is -2.39. The van der Waals surface area contributed by atoms with Crippen LogP contribution in [0.25, 0.3) is 10.9 Å². The number of nitrogens with zero attached hydrogens (tertiary/aromatic N) is 1. The maximum Gasteiger partial charge on any atom is 0.0746 e. The van der Waals surface area contributed by atoms with Crippen molar-refractivity contribution in [1.29, 1.82) is 0 Å². The van der Waals surface area contributed by atoms with Crippen LogP contribution in [-0.4, -0.2) is 16.4 Å². The molecule has 0 atom stereocenters. The molecule has 0 spiro atoms. The molecule has 1 aromatic heterocycles. The van der Waals surface area contributed by atoms with E-state index in [0.717, 1.165) is 18.5 Å². The first-order chi connectivity index (χ1) is 8.62. The topological polar surface area (TPSA) is 24.9 Å². The van der Waals surface area contributed by atoms with Crippen LogP contribution in [0.2, 0.25) is 0 Å². The summed E-state index contributed by atoms with van der Waals surface area (Å²) in [7, 11) is 0. The largest absolute Gasteiger partial charge is 0.308 e. The lowest BCUT2D eigenvalue weighted by Gasteiger charge is -2.25. The fraction of sp³-hybridized carbons (Fsp3) is 0.400. The molecule has 0 aliphatic heterocycles. The van der Waals surface area contributed by atoms with Gasteiger partial charge in [0.25, 0.3) is 0 Å². The zero-order valence-electron chi connectivity index (χ0n) is 10.9. The van der Waals surface area contributed by atoms with Gasteiger partial charge in [0.2, 0.25) is 0 Å². The molecular formula is C15H19ClN2. The lowest BCUT2D eigenvalue weighted by molar-refractivity contribution is 0.377. The summed E-state index contributed by atoms with van der Waals surface area (Å²) in [6, 6.07) is 10.4. The number of rotatable bonds is 5. The molecule has 0 saturated heterocycles.